The van der Waals surface area contributed by atoms with Crippen LogP contribution in [0.15, 0.2) is 24.3 Å². The maximum absolute atomic E-state index is 13.2. The molecule has 0 N–H and O–H groups in total. The molecule has 3 heterocycles. The Bertz CT molecular complexity index is 789. The summed E-state index contributed by atoms with van der Waals surface area (Å²) in [6.07, 6.45) is 6.42. The van der Waals surface area contributed by atoms with Crippen LogP contribution in [0.25, 0.3) is 0 Å². The Hall–Kier alpha value is -1.47. The molecule has 5 nitrogen and oxygen atoms in total. The van der Waals surface area contributed by atoms with Crippen LogP contribution < -0.4 is 0 Å². The molecular weight excluding hydrogens is 367 g/mol. The fourth-order valence-corrected chi connectivity index (χ4v) is 6.06. The van der Waals surface area contributed by atoms with Crippen molar-refractivity contribution >= 4 is 15.9 Å². The Morgan fingerprint density at radius 3 is 2.07 bits per heavy atom. The number of piperidine rings is 2. The van der Waals surface area contributed by atoms with E-state index in [9.17, 15) is 17.6 Å². The molecule has 0 saturated carbocycles. The topological polar surface area (TPSA) is 57.7 Å². The molecule has 3 aliphatic heterocycles. The van der Waals surface area contributed by atoms with Gasteiger partial charge in [-0.3, -0.25) is 4.79 Å². The molecule has 3 atom stereocenters. The molecule has 27 heavy (non-hydrogen) atoms. The second-order valence-electron chi connectivity index (χ2n) is 8.29. The van der Waals surface area contributed by atoms with Crippen LogP contribution >= 0.6 is 0 Å². The minimum atomic E-state index is -3.17. The Morgan fingerprint density at radius 1 is 1.00 bits per heavy atom. The molecule has 2 bridgehead atoms. The lowest BCUT2D eigenvalue weighted by Crippen LogP contribution is -2.50. The number of carbonyl (C=O) groups excluding carboxylic acids is 1. The third kappa shape index (κ3) is 3.76. The number of halogens is 1. The summed E-state index contributed by atoms with van der Waals surface area (Å²) in [5.74, 6) is 0.329. The van der Waals surface area contributed by atoms with Crippen molar-refractivity contribution in [1.29, 1.82) is 0 Å². The van der Waals surface area contributed by atoms with Gasteiger partial charge < -0.3 is 4.90 Å². The van der Waals surface area contributed by atoms with Crippen LogP contribution in [0.3, 0.4) is 0 Å². The minimum absolute atomic E-state index is 0.0616. The van der Waals surface area contributed by atoms with E-state index in [0.29, 0.717) is 31.8 Å². The van der Waals surface area contributed by atoms with Gasteiger partial charge in [0, 0.05) is 31.1 Å². The fourth-order valence-electron chi connectivity index (χ4n) is 5.19. The molecule has 1 amide bonds. The zero-order chi connectivity index (χ0) is 19.2. The highest BCUT2D eigenvalue weighted by atomic mass is 32.2. The number of hydrogen-bond donors (Lipinski definition) is 0. The van der Waals surface area contributed by atoms with Crippen LogP contribution in [0, 0.1) is 11.7 Å². The SMILES string of the molecule is CS(=O)(=O)N1CCC(C(=O)N2[C@@H]3CC[C@H]2CC(c2ccc(F)cc2)C3)CC1. The molecule has 148 valence electrons. The molecule has 3 saturated heterocycles. The molecule has 0 aliphatic carbocycles. The van der Waals surface area contributed by atoms with Gasteiger partial charge in [-0.2, -0.15) is 0 Å². The smallest absolute Gasteiger partial charge is 0.226 e. The first-order chi connectivity index (χ1) is 12.8. The molecule has 7 heteroatoms. The summed E-state index contributed by atoms with van der Waals surface area (Å²) in [5, 5.41) is 0. The van der Waals surface area contributed by atoms with E-state index < -0.39 is 10.0 Å². The average Bonchev–Trinajstić information content (AvgIpc) is 2.90. The second-order valence-corrected chi connectivity index (χ2v) is 10.3. The van der Waals surface area contributed by atoms with Gasteiger partial charge in [0.1, 0.15) is 5.82 Å². The maximum Gasteiger partial charge on any atom is 0.226 e. The van der Waals surface area contributed by atoms with Gasteiger partial charge in [0.05, 0.1) is 6.26 Å². The van der Waals surface area contributed by atoms with E-state index >= 15 is 0 Å². The predicted octanol–water partition coefficient (Wildman–Crippen LogP) is 2.73. The van der Waals surface area contributed by atoms with Crippen molar-refractivity contribution < 1.29 is 17.6 Å². The zero-order valence-corrected chi connectivity index (χ0v) is 16.5. The number of nitrogens with zero attached hydrogens (tertiary/aromatic N) is 2. The summed E-state index contributed by atoms with van der Waals surface area (Å²) < 4.78 is 38.0. The van der Waals surface area contributed by atoms with Gasteiger partial charge in [0.2, 0.25) is 15.9 Å². The van der Waals surface area contributed by atoms with E-state index in [2.05, 4.69) is 4.90 Å². The molecule has 1 aromatic rings. The van der Waals surface area contributed by atoms with E-state index in [0.717, 1.165) is 25.7 Å². The van der Waals surface area contributed by atoms with E-state index in [4.69, 9.17) is 0 Å². The molecule has 3 fully saturated rings. The van der Waals surface area contributed by atoms with E-state index in [-0.39, 0.29) is 29.7 Å². The first-order valence-corrected chi connectivity index (χ1v) is 11.7. The highest BCUT2D eigenvalue weighted by Gasteiger charge is 2.45. The molecular formula is C20H27FN2O3S. The third-order valence-electron chi connectivity index (χ3n) is 6.60. The van der Waals surface area contributed by atoms with Crippen molar-refractivity contribution in [2.75, 3.05) is 19.3 Å². The summed E-state index contributed by atoms with van der Waals surface area (Å²) in [6, 6.07) is 7.31. The van der Waals surface area contributed by atoms with Crippen molar-refractivity contribution in [2.24, 2.45) is 5.92 Å². The maximum atomic E-state index is 13.2. The van der Waals surface area contributed by atoms with Crippen molar-refractivity contribution in [3.8, 4) is 0 Å². The lowest BCUT2D eigenvalue weighted by molar-refractivity contribution is -0.141. The van der Waals surface area contributed by atoms with Crippen LogP contribution in [0.5, 0.6) is 0 Å². The van der Waals surface area contributed by atoms with E-state index in [1.807, 2.05) is 12.1 Å². The fraction of sp³-hybridized carbons (Fsp3) is 0.650. The predicted molar refractivity (Wildman–Crippen MR) is 101 cm³/mol. The van der Waals surface area contributed by atoms with E-state index in [1.54, 1.807) is 0 Å². The summed E-state index contributed by atoms with van der Waals surface area (Å²) in [7, 11) is -3.17. The number of amides is 1. The summed E-state index contributed by atoms with van der Waals surface area (Å²) in [6.45, 7) is 0.882. The number of carbonyl (C=O) groups is 1. The monoisotopic (exact) mass is 394 g/mol. The van der Waals surface area contributed by atoms with Crippen LogP contribution in [0.1, 0.15) is 50.0 Å². The number of rotatable bonds is 3. The quantitative estimate of drug-likeness (QED) is 0.792. The van der Waals surface area contributed by atoms with Gasteiger partial charge in [-0.15, -0.1) is 0 Å². The second kappa shape index (κ2) is 7.17. The molecule has 3 aliphatic rings. The van der Waals surface area contributed by atoms with Crippen molar-refractivity contribution in [2.45, 2.75) is 56.5 Å². The average molecular weight is 395 g/mol. The van der Waals surface area contributed by atoms with Crippen molar-refractivity contribution in [3.05, 3.63) is 35.6 Å². The molecule has 0 radical (unpaired) electrons. The third-order valence-corrected chi connectivity index (χ3v) is 7.90. The summed E-state index contributed by atoms with van der Waals surface area (Å²) in [5.41, 5.74) is 1.17. The highest BCUT2D eigenvalue weighted by Crippen LogP contribution is 2.44. The van der Waals surface area contributed by atoms with Crippen LogP contribution in [-0.2, 0) is 14.8 Å². The Morgan fingerprint density at radius 2 is 1.56 bits per heavy atom. The molecule has 0 aromatic heterocycles. The number of benzene rings is 1. The Labute approximate surface area is 160 Å². The van der Waals surface area contributed by atoms with Crippen molar-refractivity contribution in [1.82, 2.24) is 9.21 Å². The summed E-state index contributed by atoms with van der Waals surface area (Å²) in [4.78, 5) is 15.3. The van der Waals surface area contributed by atoms with Crippen LogP contribution in [0.4, 0.5) is 4.39 Å². The van der Waals surface area contributed by atoms with Gasteiger partial charge >= 0.3 is 0 Å². The molecule has 1 aromatic carbocycles. The van der Waals surface area contributed by atoms with Gasteiger partial charge in [0.15, 0.2) is 0 Å². The summed E-state index contributed by atoms with van der Waals surface area (Å²) >= 11 is 0. The normalized spacial score (nSPS) is 29.9. The standard InChI is InChI=1S/C20H27FN2O3S/c1-27(25,26)22-10-8-15(9-11-22)20(24)23-18-6-7-19(23)13-16(12-18)14-2-4-17(21)5-3-14/h2-5,15-16,18-19H,6-13H2,1H3/t16?,18-,19+. The lowest BCUT2D eigenvalue weighted by Gasteiger charge is -2.42. The van der Waals surface area contributed by atoms with E-state index in [1.165, 1.54) is 28.3 Å². The molecule has 0 spiro atoms. The molecule has 1 unspecified atom stereocenters. The largest absolute Gasteiger partial charge is 0.336 e. The van der Waals surface area contributed by atoms with Crippen LogP contribution in [-0.4, -0.2) is 55.0 Å². The van der Waals surface area contributed by atoms with Gasteiger partial charge in [0.25, 0.3) is 0 Å². The van der Waals surface area contributed by atoms with Gasteiger partial charge in [-0.1, -0.05) is 12.1 Å². The Balaban J connectivity index is 1.41. The zero-order valence-electron chi connectivity index (χ0n) is 15.7. The Kier molecular flexibility index (Phi) is 5.01. The van der Waals surface area contributed by atoms with Gasteiger partial charge in [-0.05, 0) is 62.1 Å². The minimum Gasteiger partial charge on any atom is -0.336 e. The van der Waals surface area contributed by atoms with Gasteiger partial charge in [-0.25, -0.2) is 17.1 Å². The lowest BCUT2D eigenvalue weighted by atomic mass is 9.84. The number of fused-ring (bicyclic) bond motifs is 2. The number of hydrogen-bond acceptors (Lipinski definition) is 3. The first-order valence-electron chi connectivity index (χ1n) is 9.85. The number of sulfonamides is 1. The van der Waals surface area contributed by atoms with Crippen LogP contribution in [0.2, 0.25) is 0 Å². The highest BCUT2D eigenvalue weighted by molar-refractivity contribution is 7.88. The molecule has 4 rings (SSSR count). The van der Waals surface area contributed by atoms with Crippen molar-refractivity contribution in [3.63, 3.8) is 0 Å². The first kappa shape index (κ1) is 18.9.